The van der Waals surface area contributed by atoms with E-state index in [0.29, 0.717) is 0 Å². The molecule has 0 atom stereocenters. The molecule has 0 N–H and O–H groups in total. The van der Waals surface area contributed by atoms with Crippen molar-refractivity contribution in [3.63, 3.8) is 0 Å². The van der Waals surface area contributed by atoms with Gasteiger partial charge in [-0.05, 0) is 46.5 Å². The third-order valence-electron chi connectivity index (χ3n) is 6.88. The average molecular weight is 515 g/mol. The van der Waals surface area contributed by atoms with Gasteiger partial charge < -0.3 is 0 Å². The van der Waals surface area contributed by atoms with Gasteiger partial charge in [-0.1, -0.05) is 60.7 Å². The van der Waals surface area contributed by atoms with Crippen molar-refractivity contribution in [1.82, 2.24) is 19.9 Å². The van der Waals surface area contributed by atoms with Crippen molar-refractivity contribution < 1.29 is 0 Å². The van der Waals surface area contributed by atoms with Crippen LogP contribution in [0.15, 0.2) is 144 Å². The molecule has 7 rings (SSSR count). The number of hydrogen-bond acceptors (Lipinski definition) is 6. The van der Waals surface area contributed by atoms with Crippen LogP contribution in [0.5, 0.6) is 0 Å². The second kappa shape index (κ2) is 10.3. The lowest BCUT2D eigenvalue weighted by Gasteiger charge is -2.17. The van der Waals surface area contributed by atoms with E-state index in [1.807, 2.05) is 36.7 Å². The maximum Gasteiger partial charge on any atom is 0.0914 e. The normalized spacial score (nSPS) is 14.9. The van der Waals surface area contributed by atoms with E-state index in [1.165, 1.54) is 0 Å². The first-order valence-corrected chi connectivity index (χ1v) is 12.9. The molecule has 0 radical (unpaired) electrons. The zero-order valence-corrected chi connectivity index (χ0v) is 21.4. The molecular formula is C34H22N6. The first-order valence-electron chi connectivity index (χ1n) is 12.9. The van der Waals surface area contributed by atoms with Gasteiger partial charge >= 0.3 is 0 Å². The summed E-state index contributed by atoms with van der Waals surface area (Å²) < 4.78 is 0. The van der Waals surface area contributed by atoms with Gasteiger partial charge in [-0.2, -0.15) is 0 Å². The second-order valence-corrected chi connectivity index (χ2v) is 9.34. The number of fused-ring (bicyclic) bond motifs is 2. The molecule has 0 aliphatic carbocycles. The van der Waals surface area contributed by atoms with Crippen molar-refractivity contribution >= 4 is 22.8 Å². The molecule has 0 spiro atoms. The minimum atomic E-state index is 0.756. The molecule has 6 aromatic rings. The number of nitrogens with zero attached hydrogens (tertiary/aromatic N) is 6. The van der Waals surface area contributed by atoms with E-state index in [4.69, 9.17) is 9.98 Å². The van der Waals surface area contributed by atoms with E-state index in [1.54, 1.807) is 37.2 Å². The summed E-state index contributed by atoms with van der Waals surface area (Å²) in [5.41, 5.74) is 11.2. The summed E-state index contributed by atoms with van der Waals surface area (Å²) in [6, 6.07) is 28.7. The minimum Gasteiger partial charge on any atom is -0.264 e. The van der Waals surface area contributed by atoms with Gasteiger partial charge in [0.15, 0.2) is 0 Å². The Kier molecular flexibility index (Phi) is 6.03. The van der Waals surface area contributed by atoms with Crippen LogP contribution in [0.2, 0.25) is 0 Å². The molecule has 188 valence electrons. The van der Waals surface area contributed by atoms with Gasteiger partial charge in [0.25, 0.3) is 0 Å². The maximum absolute atomic E-state index is 5.18. The lowest BCUT2D eigenvalue weighted by atomic mass is 9.95. The highest BCUT2D eigenvalue weighted by Gasteiger charge is 2.20. The summed E-state index contributed by atoms with van der Waals surface area (Å²) in [6.45, 7) is 0. The highest BCUT2D eigenvalue weighted by Crippen LogP contribution is 2.33. The third-order valence-corrected chi connectivity index (χ3v) is 6.88. The highest BCUT2D eigenvalue weighted by molar-refractivity contribution is 6.22. The fourth-order valence-corrected chi connectivity index (χ4v) is 4.86. The molecule has 0 saturated heterocycles. The van der Waals surface area contributed by atoms with E-state index in [-0.39, 0.29) is 0 Å². The zero-order valence-electron chi connectivity index (χ0n) is 21.4. The molecule has 4 aromatic heterocycles. The predicted molar refractivity (Wildman–Crippen MR) is 158 cm³/mol. The van der Waals surface area contributed by atoms with Crippen LogP contribution in [-0.4, -0.2) is 31.4 Å². The molecule has 0 saturated carbocycles. The molecule has 2 aromatic carbocycles. The number of rotatable bonds is 4. The third kappa shape index (κ3) is 4.48. The molecule has 0 amide bonds. The Morgan fingerprint density at radius 2 is 0.725 bits per heavy atom. The quantitative estimate of drug-likeness (QED) is 0.248. The monoisotopic (exact) mass is 514 g/mol. The van der Waals surface area contributed by atoms with E-state index >= 15 is 0 Å². The van der Waals surface area contributed by atoms with E-state index in [9.17, 15) is 0 Å². The Labute approximate surface area is 231 Å². The molecule has 40 heavy (non-hydrogen) atoms. The summed E-state index contributed by atoms with van der Waals surface area (Å²) in [7, 11) is 0. The van der Waals surface area contributed by atoms with Gasteiger partial charge in [0.1, 0.15) is 0 Å². The van der Waals surface area contributed by atoms with Gasteiger partial charge in [0, 0.05) is 59.4 Å². The molecule has 6 nitrogen and oxygen atoms in total. The fourth-order valence-electron chi connectivity index (χ4n) is 4.86. The number of hydrogen-bond donors (Lipinski definition) is 0. The van der Waals surface area contributed by atoms with E-state index in [2.05, 4.69) is 80.6 Å². The summed E-state index contributed by atoms with van der Waals surface area (Å²) in [6.07, 6.45) is 14.4. The lowest BCUT2D eigenvalue weighted by molar-refractivity contribution is 1.26. The first-order chi connectivity index (χ1) is 19.8. The standard InChI is InChI=1S/C34H22N6/c1-3-27(19-35-15-1)23-5-9-25(10-6-23)33-29-13-17-37-21-31(29)40-34(30-14-18-38-22-32(30)39-33)26-11-7-24(8-12-26)28-4-2-16-36-20-28/h1-22H/b33-29?,34-30?,39-32?,39-33-,40-31?,40-34-. The molecule has 6 heteroatoms. The average Bonchev–Trinajstić information content (AvgIpc) is 3.03. The Morgan fingerprint density at radius 1 is 0.325 bits per heavy atom. The van der Waals surface area contributed by atoms with Gasteiger partial charge in [0.05, 0.1) is 35.2 Å². The van der Waals surface area contributed by atoms with Gasteiger partial charge in [-0.25, -0.2) is 9.98 Å². The van der Waals surface area contributed by atoms with Crippen molar-refractivity contribution in [1.29, 1.82) is 0 Å². The van der Waals surface area contributed by atoms with Crippen molar-refractivity contribution in [2.45, 2.75) is 0 Å². The summed E-state index contributed by atoms with van der Waals surface area (Å²) in [4.78, 5) is 27.7. The largest absolute Gasteiger partial charge is 0.264 e. The topological polar surface area (TPSA) is 76.3 Å². The minimum absolute atomic E-state index is 0.756. The van der Waals surface area contributed by atoms with Gasteiger partial charge in [-0.3, -0.25) is 19.9 Å². The molecule has 5 heterocycles. The van der Waals surface area contributed by atoms with Gasteiger partial charge in [-0.15, -0.1) is 0 Å². The van der Waals surface area contributed by atoms with Gasteiger partial charge in [0.2, 0.25) is 0 Å². The Hall–Kier alpha value is -5.62. The van der Waals surface area contributed by atoms with Crippen LogP contribution >= 0.6 is 0 Å². The van der Waals surface area contributed by atoms with Crippen LogP contribution < -0.4 is 0 Å². The molecule has 1 aliphatic heterocycles. The van der Waals surface area contributed by atoms with Crippen LogP contribution in [0.25, 0.3) is 22.3 Å². The van der Waals surface area contributed by atoms with Crippen LogP contribution in [0.3, 0.4) is 0 Å². The number of aliphatic imine (C=N–C) groups is 2. The van der Waals surface area contributed by atoms with Crippen molar-refractivity contribution in [2.24, 2.45) is 9.98 Å². The van der Waals surface area contributed by atoms with E-state index in [0.717, 1.165) is 67.3 Å². The zero-order chi connectivity index (χ0) is 26.7. The molecule has 1 aliphatic rings. The molecule has 0 unspecified atom stereocenters. The van der Waals surface area contributed by atoms with Crippen LogP contribution in [0.1, 0.15) is 22.3 Å². The van der Waals surface area contributed by atoms with Crippen LogP contribution in [-0.2, 0) is 0 Å². The summed E-state index contributed by atoms with van der Waals surface area (Å²) >= 11 is 0. The van der Waals surface area contributed by atoms with Crippen LogP contribution in [0, 0.1) is 0 Å². The smallest absolute Gasteiger partial charge is 0.0914 e. The van der Waals surface area contributed by atoms with Crippen molar-refractivity contribution in [3.8, 4) is 22.3 Å². The maximum atomic E-state index is 5.18. The van der Waals surface area contributed by atoms with Crippen LogP contribution in [0.4, 0.5) is 11.4 Å². The molecular weight excluding hydrogens is 492 g/mol. The summed E-state index contributed by atoms with van der Waals surface area (Å²) in [5, 5.41) is 0. The molecule has 0 bridgehead atoms. The SMILES string of the molecule is c1cncc(-c2ccc(/C3=N/c4cnccc4/C(c4ccc(-c5cccnc5)cc4)=N\c4cnccc43)cc2)c1. The van der Waals surface area contributed by atoms with Crippen molar-refractivity contribution in [3.05, 3.63) is 157 Å². The predicted octanol–water partition coefficient (Wildman–Crippen LogP) is 7.25. The number of pyridine rings is 4. The number of aromatic nitrogens is 4. The van der Waals surface area contributed by atoms with Crippen molar-refractivity contribution in [2.75, 3.05) is 0 Å². The Bertz CT molecular complexity index is 1720. The summed E-state index contributed by atoms with van der Waals surface area (Å²) in [5.74, 6) is 0. The molecule has 0 fully saturated rings. The Morgan fingerprint density at radius 3 is 1.12 bits per heavy atom. The fraction of sp³-hybridized carbons (Fsp3) is 0. The number of benzene rings is 2. The van der Waals surface area contributed by atoms with E-state index < -0.39 is 0 Å². The first kappa shape index (κ1) is 23.5. The second-order valence-electron chi connectivity index (χ2n) is 9.34. The highest BCUT2D eigenvalue weighted by atomic mass is 14.9. The lowest BCUT2D eigenvalue weighted by Crippen LogP contribution is -2.10. The Balaban J connectivity index is 1.34.